The number of hydrogen-bond acceptors (Lipinski definition) is 3. The van der Waals surface area contributed by atoms with Gasteiger partial charge in [-0.1, -0.05) is 30.3 Å². The molecule has 0 aliphatic heterocycles. The van der Waals surface area contributed by atoms with Crippen molar-refractivity contribution >= 4 is 17.3 Å². The van der Waals surface area contributed by atoms with Crippen LogP contribution in [0.4, 0.5) is 11.4 Å². The Morgan fingerprint density at radius 3 is 2.24 bits per heavy atom. The first-order valence-corrected chi connectivity index (χ1v) is 6.88. The van der Waals surface area contributed by atoms with Crippen molar-refractivity contribution < 1.29 is 4.79 Å². The van der Waals surface area contributed by atoms with E-state index < -0.39 is 11.9 Å². The smallest absolute Gasteiger partial charge is 0.244 e. The number of amides is 1. The molecule has 1 amide bonds. The van der Waals surface area contributed by atoms with Gasteiger partial charge in [-0.15, -0.1) is 0 Å². The molecule has 0 radical (unpaired) electrons. The molecule has 1 atom stereocenters. The van der Waals surface area contributed by atoms with Crippen molar-refractivity contribution in [2.75, 3.05) is 24.3 Å². The summed E-state index contributed by atoms with van der Waals surface area (Å²) in [5.41, 5.74) is 9.48. The van der Waals surface area contributed by atoms with Gasteiger partial charge < -0.3 is 16.0 Å². The van der Waals surface area contributed by atoms with Gasteiger partial charge in [0.2, 0.25) is 5.91 Å². The van der Waals surface area contributed by atoms with Gasteiger partial charge in [0.25, 0.3) is 0 Å². The normalized spacial score (nSPS) is 11.8. The van der Waals surface area contributed by atoms with Crippen LogP contribution in [0, 0.1) is 6.92 Å². The monoisotopic (exact) mass is 283 g/mol. The Morgan fingerprint density at radius 1 is 1.10 bits per heavy atom. The number of benzene rings is 2. The van der Waals surface area contributed by atoms with Crippen molar-refractivity contribution in [2.45, 2.75) is 13.0 Å². The van der Waals surface area contributed by atoms with E-state index in [0.717, 1.165) is 22.5 Å². The van der Waals surface area contributed by atoms with Gasteiger partial charge in [0, 0.05) is 25.5 Å². The van der Waals surface area contributed by atoms with Gasteiger partial charge in [-0.05, 0) is 36.2 Å². The van der Waals surface area contributed by atoms with E-state index in [1.807, 2.05) is 74.4 Å². The lowest BCUT2D eigenvalue weighted by Crippen LogP contribution is -2.28. The summed E-state index contributed by atoms with van der Waals surface area (Å²) in [6.45, 7) is 2.00. The summed E-state index contributed by atoms with van der Waals surface area (Å²) in [5, 5.41) is 3.22. The van der Waals surface area contributed by atoms with Crippen LogP contribution >= 0.6 is 0 Å². The molecule has 110 valence electrons. The average Bonchev–Trinajstić information content (AvgIpc) is 2.46. The van der Waals surface area contributed by atoms with Crippen LogP contribution in [0.25, 0.3) is 0 Å². The molecule has 4 heteroatoms. The molecule has 1 unspecified atom stereocenters. The van der Waals surface area contributed by atoms with Crippen molar-refractivity contribution in [3.63, 3.8) is 0 Å². The minimum absolute atomic E-state index is 0.393. The first-order valence-electron chi connectivity index (χ1n) is 6.88. The van der Waals surface area contributed by atoms with E-state index in [1.165, 1.54) is 0 Å². The Hall–Kier alpha value is -2.49. The van der Waals surface area contributed by atoms with Gasteiger partial charge >= 0.3 is 0 Å². The van der Waals surface area contributed by atoms with Gasteiger partial charge in [0.05, 0.1) is 0 Å². The fraction of sp³-hybridized carbons (Fsp3) is 0.235. The zero-order chi connectivity index (χ0) is 15.4. The van der Waals surface area contributed by atoms with Crippen molar-refractivity contribution in [3.8, 4) is 0 Å². The average molecular weight is 283 g/mol. The quantitative estimate of drug-likeness (QED) is 0.887. The maximum atomic E-state index is 11.8. The molecule has 0 fully saturated rings. The fourth-order valence-corrected chi connectivity index (χ4v) is 2.17. The number of hydrogen-bond donors (Lipinski definition) is 2. The fourth-order valence-electron chi connectivity index (χ4n) is 2.17. The molecule has 21 heavy (non-hydrogen) atoms. The molecular weight excluding hydrogens is 262 g/mol. The number of anilines is 2. The Kier molecular flexibility index (Phi) is 4.48. The second-order valence-electron chi connectivity index (χ2n) is 5.28. The molecule has 0 aliphatic rings. The Labute approximate surface area is 125 Å². The Bertz CT molecular complexity index is 620. The van der Waals surface area contributed by atoms with E-state index >= 15 is 0 Å². The van der Waals surface area contributed by atoms with E-state index in [-0.39, 0.29) is 0 Å². The van der Waals surface area contributed by atoms with E-state index in [0.29, 0.717) is 0 Å². The van der Waals surface area contributed by atoms with Crippen LogP contribution in [0.5, 0.6) is 0 Å². The number of nitrogens with zero attached hydrogens (tertiary/aromatic N) is 1. The summed E-state index contributed by atoms with van der Waals surface area (Å²) in [6, 6.07) is 15.1. The molecule has 0 aliphatic carbocycles. The predicted molar refractivity (Wildman–Crippen MR) is 87.5 cm³/mol. The highest BCUT2D eigenvalue weighted by atomic mass is 16.1. The van der Waals surface area contributed by atoms with Crippen LogP contribution in [0.1, 0.15) is 17.2 Å². The molecule has 0 heterocycles. The summed E-state index contributed by atoms with van der Waals surface area (Å²) in [7, 11) is 3.96. The number of aryl methyl sites for hydroxylation is 1. The molecule has 0 aromatic heterocycles. The van der Waals surface area contributed by atoms with Crippen molar-refractivity contribution in [2.24, 2.45) is 5.73 Å². The summed E-state index contributed by atoms with van der Waals surface area (Å²) >= 11 is 0. The highest BCUT2D eigenvalue weighted by Crippen LogP contribution is 2.23. The molecule has 0 spiro atoms. The van der Waals surface area contributed by atoms with Gasteiger partial charge in [-0.25, -0.2) is 0 Å². The zero-order valence-corrected chi connectivity index (χ0v) is 12.6. The Morgan fingerprint density at radius 2 is 1.71 bits per heavy atom. The van der Waals surface area contributed by atoms with Crippen LogP contribution in [0.2, 0.25) is 0 Å². The van der Waals surface area contributed by atoms with E-state index in [2.05, 4.69) is 5.32 Å². The maximum absolute atomic E-state index is 11.8. The number of primary amides is 1. The minimum Gasteiger partial charge on any atom is -0.378 e. The third kappa shape index (κ3) is 3.54. The first kappa shape index (κ1) is 14.9. The number of rotatable bonds is 5. The number of para-hydroxylation sites is 1. The van der Waals surface area contributed by atoms with Crippen LogP contribution < -0.4 is 16.0 Å². The van der Waals surface area contributed by atoms with Gasteiger partial charge in [0.1, 0.15) is 6.04 Å². The summed E-state index contributed by atoms with van der Waals surface area (Å²) < 4.78 is 0. The highest BCUT2D eigenvalue weighted by molar-refractivity contribution is 5.84. The SMILES string of the molecule is Cc1ccccc1NC(C(N)=O)c1ccc(N(C)C)cc1. The second kappa shape index (κ2) is 6.31. The van der Waals surface area contributed by atoms with Gasteiger partial charge in [-0.2, -0.15) is 0 Å². The predicted octanol–water partition coefficient (Wildman–Crippen LogP) is 2.70. The lowest BCUT2D eigenvalue weighted by molar-refractivity contribution is -0.118. The standard InChI is InChI=1S/C17H21N3O/c1-12-6-4-5-7-15(12)19-16(17(18)21)13-8-10-14(11-9-13)20(2)3/h4-11,16,19H,1-3H3,(H2,18,21). The number of carbonyl (C=O) groups excluding carboxylic acids is 1. The first-order chi connectivity index (χ1) is 9.99. The summed E-state index contributed by atoms with van der Waals surface area (Å²) in [5.74, 6) is -0.393. The van der Waals surface area contributed by atoms with Crippen LogP contribution in [0.3, 0.4) is 0 Å². The lowest BCUT2D eigenvalue weighted by atomic mass is 10.0. The maximum Gasteiger partial charge on any atom is 0.244 e. The molecule has 2 aromatic carbocycles. The molecule has 2 rings (SSSR count). The molecule has 0 saturated heterocycles. The van der Waals surface area contributed by atoms with Crippen LogP contribution in [-0.4, -0.2) is 20.0 Å². The van der Waals surface area contributed by atoms with Crippen molar-refractivity contribution in [3.05, 3.63) is 59.7 Å². The Balaban J connectivity index is 2.27. The third-order valence-corrected chi connectivity index (χ3v) is 3.47. The van der Waals surface area contributed by atoms with Crippen LogP contribution in [-0.2, 0) is 4.79 Å². The van der Waals surface area contributed by atoms with Crippen LogP contribution in [0.15, 0.2) is 48.5 Å². The minimum atomic E-state index is -0.540. The molecule has 0 bridgehead atoms. The largest absolute Gasteiger partial charge is 0.378 e. The van der Waals surface area contributed by atoms with Gasteiger partial charge in [0.15, 0.2) is 0 Å². The number of nitrogens with two attached hydrogens (primary N) is 1. The molecular formula is C17H21N3O. The second-order valence-corrected chi connectivity index (χ2v) is 5.28. The van der Waals surface area contributed by atoms with Crippen molar-refractivity contribution in [1.82, 2.24) is 0 Å². The zero-order valence-electron chi connectivity index (χ0n) is 12.6. The van der Waals surface area contributed by atoms with E-state index in [9.17, 15) is 4.79 Å². The molecule has 3 N–H and O–H groups in total. The van der Waals surface area contributed by atoms with E-state index in [1.54, 1.807) is 0 Å². The molecule has 0 saturated carbocycles. The summed E-state index contributed by atoms with van der Waals surface area (Å²) in [4.78, 5) is 13.8. The number of nitrogens with one attached hydrogen (secondary N) is 1. The summed E-state index contributed by atoms with van der Waals surface area (Å²) in [6.07, 6.45) is 0. The highest BCUT2D eigenvalue weighted by Gasteiger charge is 2.18. The number of carbonyl (C=O) groups is 1. The molecule has 2 aromatic rings. The van der Waals surface area contributed by atoms with E-state index in [4.69, 9.17) is 5.73 Å². The lowest BCUT2D eigenvalue weighted by Gasteiger charge is -2.20. The van der Waals surface area contributed by atoms with Crippen molar-refractivity contribution in [1.29, 1.82) is 0 Å². The van der Waals surface area contributed by atoms with Gasteiger partial charge in [-0.3, -0.25) is 4.79 Å². The molecule has 4 nitrogen and oxygen atoms in total. The third-order valence-electron chi connectivity index (χ3n) is 3.47. The topological polar surface area (TPSA) is 58.4 Å².